The number of tetrazole rings is 1. The van der Waals surface area contributed by atoms with Gasteiger partial charge >= 0.3 is 0 Å². The summed E-state index contributed by atoms with van der Waals surface area (Å²) in [5.74, 6) is 1.03. The van der Waals surface area contributed by atoms with Crippen molar-refractivity contribution in [2.24, 2.45) is 0 Å². The van der Waals surface area contributed by atoms with Crippen LogP contribution in [0.3, 0.4) is 0 Å². The Bertz CT molecular complexity index is 447. The van der Waals surface area contributed by atoms with Gasteiger partial charge in [0.05, 0.1) is 0 Å². The smallest absolute Gasteiger partial charge is 0.206 e. The van der Waals surface area contributed by atoms with E-state index >= 15 is 0 Å². The van der Waals surface area contributed by atoms with Crippen LogP contribution in [0.2, 0.25) is 0 Å². The molecule has 0 aromatic carbocycles. The topological polar surface area (TPSA) is 67.3 Å². The fourth-order valence-electron chi connectivity index (χ4n) is 1.63. The lowest BCUT2D eigenvalue weighted by molar-refractivity contribution is 0.859. The molecule has 0 aliphatic carbocycles. The molecule has 2 rings (SSSR count). The zero-order valence-corrected chi connectivity index (χ0v) is 9.02. The Hall–Kier alpha value is -1.78. The van der Waals surface area contributed by atoms with Crippen LogP contribution in [-0.2, 0) is 0 Å². The number of rotatable bonds is 2. The van der Waals surface area contributed by atoms with Gasteiger partial charge in [-0.1, -0.05) is 13.8 Å². The average molecular weight is 203 g/mol. The Labute approximate surface area is 87.9 Å². The Kier molecular flexibility index (Phi) is 2.45. The highest BCUT2D eigenvalue weighted by Gasteiger charge is 2.14. The molecule has 0 saturated heterocycles. The van der Waals surface area contributed by atoms with Crippen molar-refractivity contribution in [1.82, 2.24) is 25.6 Å². The second-order valence-electron chi connectivity index (χ2n) is 3.75. The molecule has 0 atom stereocenters. The van der Waals surface area contributed by atoms with Gasteiger partial charge in [-0.05, 0) is 29.7 Å². The molecule has 0 bridgehead atoms. The molecule has 2 aromatic rings. The first-order chi connectivity index (χ1) is 7.20. The highest BCUT2D eigenvalue weighted by molar-refractivity contribution is 5.62. The summed E-state index contributed by atoms with van der Waals surface area (Å²) in [5.41, 5.74) is 3.12. The highest BCUT2D eigenvalue weighted by atomic mass is 15.5. The molecule has 5 nitrogen and oxygen atoms in total. The summed E-state index contributed by atoms with van der Waals surface area (Å²) >= 11 is 0. The summed E-state index contributed by atoms with van der Waals surface area (Å²) in [6.07, 6.45) is 1.81. The lowest BCUT2D eigenvalue weighted by Gasteiger charge is -2.11. The van der Waals surface area contributed by atoms with Crippen molar-refractivity contribution in [1.29, 1.82) is 0 Å². The van der Waals surface area contributed by atoms with Gasteiger partial charge in [0.1, 0.15) is 0 Å². The summed E-state index contributed by atoms with van der Waals surface area (Å²) in [6, 6.07) is 2.00. The van der Waals surface area contributed by atoms with E-state index in [4.69, 9.17) is 0 Å². The third kappa shape index (κ3) is 1.72. The molecule has 15 heavy (non-hydrogen) atoms. The van der Waals surface area contributed by atoms with Gasteiger partial charge in [-0.3, -0.25) is 4.98 Å². The molecule has 0 amide bonds. The van der Waals surface area contributed by atoms with E-state index in [0.717, 1.165) is 11.3 Å². The second kappa shape index (κ2) is 3.76. The minimum absolute atomic E-state index is 0.417. The maximum Gasteiger partial charge on any atom is 0.206 e. The SMILES string of the molecule is Cc1nccc(C(C)C)c1-c1nn[nH]n1. The van der Waals surface area contributed by atoms with Gasteiger partial charge in [-0.2, -0.15) is 5.21 Å². The predicted octanol–water partition coefficient (Wildman–Crippen LogP) is 1.69. The maximum absolute atomic E-state index is 4.26. The first-order valence-electron chi connectivity index (χ1n) is 4.89. The number of aromatic nitrogens is 5. The summed E-state index contributed by atoms with van der Waals surface area (Å²) < 4.78 is 0. The molecule has 0 unspecified atom stereocenters. The summed E-state index contributed by atoms with van der Waals surface area (Å²) in [5, 5.41) is 14.0. The van der Waals surface area contributed by atoms with Gasteiger partial charge in [0.25, 0.3) is 0 Å². The zero-order chi connectivity index (χ0) is 10.8. The molecular formula is C10H13N5. The van der Waals surface area contributed by atoms with Crippen LogP contribution in [0, 0.1) is 6.92 Å². The summed E-state index contributed by atoms with van der Waals surface area (Å²) in [4.78, 5) is 4.26. The van der Waals surface area contributed by atoms with Crippen molar-refractivity contribution in [2.75, 3.05) is 0 Å². The third-order valence-electron chi connectivity index (χ3n) is 2.36. The number of nitrogens with one attached hydrogen (secondary N) is 1. The fourth-order valence-corrected chi connectivity index (χ4v) is 1.63. The normalized spacial score (nSPS) is 10.9. The second-order valence-corrected chi connectivity index (χ2v) is 3.75. The van der Waals surface area contributed by atoms with Crippen LogP contribution >= 0.6 is 0 Å². The molecular weight excluding hydrogens is 190 g/mol. The minimum atomic E-state index is 0.417. The molecule has 5 heteroatoms. The van der Waals surface area contributed by atoms with E-state index in [1.54, 1.807) is 0 Å². The number of hydrogen-bond acceptors (Lipinski definition) is 4. The maximum atomic E-state index is 4.26. The fraction of sp³-hybridized carbons (Fsp3) is 0.400. The molecule has 2 heterocycles. The zero-order valence-electron chi connectivity index (χ0n) is 9.02. The van der Waals surface area contributed by atoms with Crippen molar-refractivity contribution >= 4 is 0 Å². The van der Waals surface area contributed by atoms with Crippen molar-refractivity contribution in [3.05, 3.63) is 23.5 Å². The quantitative estimate of drug-likeness (QED) is 0.806. The highest BCUT2D eigenvalue weighted by Crippen LogP contribution is 2.27. The number of H-pyrrole nitrogens is 1. The van der Waals surface area contributed by atoms with Gasteiger partial charge in [0.15, 0.2) is 0 Å². The average Bonchev–Trinajstić information content (AvgIpc) is 2.70. The molecule has 0 aliphatic heterocycles. The number of hydrogen-bond donors (Lipinski definition) is 1. The van der Waals surface area contributed by atoms with Gasteiger partial charge in [-0.15, -0.1) is 10.2 Å². The van der Waals surface area contributed by atoms with Crippen LogP contribution in [0.5, 0.6) is 0 Å². The molecule has 78 valence electrons. The van der Waals surface area contributed by atoms with Gasteiger partial charge < -0.3 is 0 Å². The van der Waals surface area contributed by atoms with E-state index in [9.17, 15) is 0 Å². The Balaban J connectivity index is 2.63. The lowest BCUT2D eigenvalue weighted by atomic mass is 9.97. The van der Waals surface area contributed by atoms with Crippen molar-refractivity contribution in [2.45, 2.75) is 26.7 Å². The molecule has 0 spiro atoms. The molecule has 0 saturated carbocycles. The first-order valence-corrected chi connectivity index (χ1v) is 4.89. The van der Waals surface area contributed by atoms with Crippen LogP contribution < -0.4 is 0 Å². The molecule has 0 fully saturated rings. The Morgan fingerprint density at radius 1 is 1.33 bits per heavy atom. The number of aromatic amines is 1. The van der Waals surface area contributed by atoms with E-state index in [-0.39, 0.29) is 0 Å². The van der Waals surface area contributed by atoms with Gasteiger partial charge in [0, 0.05) is 17.5 Å². The van der Waals surface area contributed by atoms with Crippen molar-refractivity contribution in [3.63, 3.8) is 0 Å². The predicted molar refractivity (Wildman–Crippen MR) is 56.2 cm³/mol. The van der Waals surface area contributed by atoms with Crippen LogP contribution in [-0.4, -0.2) is 25.6 Å². The first kappa shape index (κ1) is 9.76. The number of nitrogens with zero attached hydrogens (tertiary/aromatic N) is 4. The standard InChI is InChI=1S/C10H13N5/c1-6(2)8-4-5-11-7(3)9(8)10-12-14-15-13-10/h4-6H,1-3H3,(H,12,13,14,15). The monoisotopic (exact) mass is 203 g/mol. The van der Waals surface area contributed by atoms with Crippen LogP contribution in [0.1, 0.15) is 31.0 Å². The minimum Gasteiger partial charge on any atom is -0.261 e. The molecule has 2 aromatic heterocycles. The van der Waals surface area contributed by atoms with E-state index in [1.165, 1.54) is 5.56 Å². The van der Waals surface area contributed by atoms with E-state index in [0.29, 0.717) is 11.7 Å². The van der Waals surface area contributed by atoms with Crippen LogP contribution in [0.25, 0.3) is 11.4 Å². The van der Waals surface area contributed by atoms with E-state index in [1.807, 2.05) is 19.2 Å². The third-order valence-corrected chi connectivity index (χ3v) is 2.36. The molecule has 1 N–H and O–H groups in total. The van der Waals surface area contributed by atoms with Crippen molar-refractivity contribution in [3.8, 4) is 11.4 Å². The summed E-state index contributed by atoms with van der Waals surface area (Å²) in [7, 11) is 0. The Morgan fingerprint density at radius 2 is 2.13 bits per heavy atom. The molecule has 0 radical (unpaired) electrons. The van der Waals surface area contributed by atoms with E-state index < -0.39 is 0 Å². The summed E-state index contributed by atoms with van der Waals surface area (Å²) in [6.45, 7) is 6.23. The van der Waals surface area contributed by atoms with E-state index in [2.05, 4.69) is 39.5 Å². The molecule has 0 aliphatic rings. The van der Waals surface area contributed by atoms with Crippen LogP contribution in [0.4, 0.5) is 0 Å². The van der Waals surface area contributed by atoms with Crippen molar-refractivity contribution < 1.29 is 0 Å². The van der Waals surface area contributed by atoms with Gasteiger partial charge in [-0.25, -0.2) is 0 Å². The van der Waals surface area contributed by atoms with Crippen LogP contribution in [0.15, 0.2) is 12.3 Å². The number of aryl methyl sites for hydroxylation is 1. The lowest BCUT2D eigenvalue weighted by Crippen LogP contribution is -1.98. The largest absolute Gasteiger partial charge is 0.261 e. The Morgan fingerprint density at radius 3 is 2.73 bits per heavy atom. The van der Waals surface area contributed by atoms with Gasteiger partial charge in [0.2, 0.25) is 5.82 Å². The number of pyridine rings is 1.